The summed E-state index contributed by atoms with van der Waals surface area (Å²) >= 11 is 0. The van der Waals surface area contributed by atoms with Gasteiger partial charge in [-0.3, -0.25) is 0 Å². The van der Waals surface area contributed by atoms with E-state index in [1.807, 2.05) is 0 Å². The Bertz CT molecular complexity index is 67.0. The maximum atomic E-state index is 3.41. The zero-order valence-corrected chi connectivity index (χ0v) is 6.32. The summed E-state index contributed by atoms with van der Waals surface area (Å²) in [5.74, 6) is 1.09. The van der Waals surface area contributed by atoms with Crippen LogP contribution in [0.25, 0.3) is 0 Å². The Morgan fingerprint density at radius 2 is 2.11 bits per heavy atom. The van der Waals surface area contributed by atoms with Gasteiger partial charge in [-0.25, -0.2) is 0 Å². The third-order valence-corrected chi connectivity index (χ3v) is 1.85. The molecule has 1 rings (SSSR count). The standard InChI is InChI=1S/C8H17N/c1-2-6-9-7-5-8-3-4-8/h8-9H,2-7H2,1H3. The normalized spacial score (nSPS) is 18.3. The fourth-order valence-electron chi connectivity index (χ4n) is 1.01. The molecule has 1 saturated carbocycles. The highest BCUT2D eigenvalue weighted by Crippen LogP contribution is 2.31. The zero-order valence-electron chi connectivity index (χ0n) is 6.32. The van der Waals surface area contributed by atoms with Crippen LogP contribution < -0.4 is 5.32 Å². The van der Waals surface area contributed by atoms with Gasteiger partial charge in [-0.2, -0.15) is 0 Å². The van der Waals surface area contributed by atoms with Gasteiger partial charge in [0.05, 0.1) is 0 Å². The lowest BCUT2D eigenvalue weighted by Crippen LogP contribution is -2.16. The molecule has 0 atom stereocenters. The summed E-state index contributed by atoms with van der Waals surface area (Å²) in [5.41, 5.74) is 0. The van der Waals surface area contributed by atoms with Crippen LogP contribution in [0.5, 0.6) is 0 Å². The van der Waals surface area contributed by atoms with Crippen molar-refractivity contribution >= 4 is 0 Å². The molecule has 1 N–H and O–H groups in total. The molecule has 0 unspecified atom stereocenters. The summed E-state index contributed by atoms with van der Waals surface area (Å²) in [6, 6.07) is 0. The van der Waals surface area contributed by atoms with Crippen LogP contribution in [0, 0.1) is 5.92 Å². The van der Waals surface area contributed by atoms with Crippen molar-refractivity contribution < 1.29 is 0 Å². The summed E-state index contributed by atoms with van der Waals surface area (Å²) in [5, 5.41) is 3.41. The maximum absolute atomic E-state index is 3.41. The minimum atomic E-state index is 1.09. The van der Waals surface area contributed by atoms with Crippen LogP contribution in [0.3, 0.4) is 0 Å². The first-order valence-corrected chi connectivity index (χ1v) is 4.14. The topological polar surface area (TPSA) is 12.0 Å². The largest absolute Gasteiger partial charge is 0.317 e. The molecule has 1 fully saturated rings. The second kappa shape index (κ2) is 3.89. The third-order valence-electron chi connectivity index (χ3n) is 1.85. The average molecular weight is 127 g/mol. The highest BCUT2D eigenvalue weighted by Gasteiger charge is 2.19. The van der Waals surface area contributed by atoms with Crippen molar-refractivity contribution in [3.8, 4) is 0 Å². The Morgan fingerprint density at radius 1 is 1.33 bits per heavy atom. The Morgan fingerprint density at radius 3 is 2.67 bits per heavy atom. The first-order valence-electron chi connectivity index (χ1n) is 4.14. The summed E-state index contributed by atoms with van der Waals surface area (Å²) in [4.78, 5) is 0. The van der Waals surface area contributed by atoms with E-state index in [9.17, 15) is 0 Å². The molecule has 0 radical (unpaired) electrons. The van der Waals surface area contributed by atoms with Gasteiger partial charge < -0.3 is 5.32 Å². The SMILES string of the molecule is CCCNCCC1CC1. The van der Waals surface area contributed by atoms with E-state index < -0.39 is 0 Å². The van der Waals surface area contributed by atoms with Crippen LogP contribution in [0.2, 0.25) is 0 Å². The van der Waals surface area contributed by atoms with Crippen molar-refractivity contribution in [3.63, 3.8) is 0 Å². The molecule has 0 heterocycles. The monoisotopic (exact) mass is 127 g/mol. The molecule has 0 aromatic carbocycles. The predicted molar refractivity (Wildman–Crippen MR) is 40.5 cm³/mol. The van der Waals surface area contributed by atoms with Crippen molar-refractivity contribution in [1.82, 2.24) is 5.32 Å². The molecule has 0 saturated heterocycles. The van der Waals surface area contributed by atoms with E-state index in [2.05, 4.69) is 12.2 Å². The number of hydrogen-bond acceptors (Lipinski definition) is 1. The summed E-state index contributed by atoms with van der Waals surface area (Å²) in [6.45, 7) is 4.66. The molecule has 9 heavy (non-hydrogen) atoms. The van der Waals surface area contributed by atoms with Gasteiger partial charge in [0.25, 0.3) is 0 Å². The van der Waals surface area contributed by atoms with Crippen LogP contribution >= 0.6 is 0 Å². The lowest BCUT2D eigenvalue weighted by atomic mass is 10.3. The lowest BCUT2D eigenvalue weighted by molar-refractivity contribution is 0.607. The van der Waals surface area contributed by atoms with Gasteiger partial charge in [-0.05, 0) is 31.8 Å². The van der Waals surface area contributed by atoms with E-state index in [0.29, 0.717) is 0 Å². The van der Waals surface area contributed by atoms with Crippen molar-refractivity contribution in [2.75, 3.05) is 13.1 Å². The van der Waals surface area contributed by atoms with Gasteiger partial charge in [0.1, 0.15) is 0 Å². The molecule has 0 bridgehead atoms. The average Bonchev–Trinajstić information content (AvgIpc) is 2.63. The second-order valence-electron chi connectivity index (χ2n) is 2.98. The van der Waals surface area contributed by atoms with Crippen LogP contribution in [-0.2, 0) is 0 Å². The van der Waals surface area contributed by atoms with E-state index in [1.165, 1.54) is 38.8 Å². The predicted octanol–water partition coefficient (Wildman–Crippen LogP) is 1.79. The summed E-state index contributed by atoms with van der Waals surface area (Å²) in [6.07, 6.45) is 5.67. The molecular formula is C8H17N. The third kappa shape index (κ3) is 3.52. The van der Waals surface area contributed by atoms with E-state index >= 15 is 0 Å². The quantitative estimate of drug-likeness (QED) is 0.555. The van der Waals surface area contributed by atoms with E-state index in [1.54, 1.807) is 0 Å². The van der Waals surface area contributed by atoms with Crippen LogP contribution in [-0.4, -0.2) is 13.1 Å². The molecule has 1 aliphatic carbocycles. The zero-order chi connectivity index (χ0) is 6.53. The fraction of sp³-hybridized carbons (Fsp3) is 1.00. The Kier molecular flexibility index (Phi) is 3.05. The Labute approximate surface area is 57.8 Å². The Hall–Kier alpha value is -0.0400. The first-order chi connectivity index (χ1) is 4.43. The number of hydrogen-bond donors (Lipinski definition) is 1. The molecule has 0 spiro atoms. The van der Waals surface area contributed by atoms with Crippen molar-refractivity contribution in [2.45, 2.75) is 32.6 Å². The van der Waals surface area contributed by atoms with Gasteiger partial charge in [-0.1, -0.05) is 19.8 Å². The van der Waals surface area contributed by atoms with Gasteiger partial charge in [0.15, 0.2) is 0 Å². The van der Waals surface area contributed by atoms with E-state index in [-0.39, 0.29) is 0 Å². The smallest absolute Gasteiger partial charge is 0.00463 e. The van der Waals surface area contributed by atoms with E-state index in [4.69, 9.17) is 0 Å². The molecular weight excluding hydrogens is 110 g/mol. The minimum absolute atomic E-state index is 1.09. The molecule has 54 valence electrons. The first kappa shape index (κ1) is 7.07. The van der Waals surface area contributed by atoms with Crippen LogP contribution in [0.4, 0.5) is 0 Å². The van der Waals surface area contributed by atoms with Crippen molar-refractivity contribution in [2.24, 2.45) is 5.92 Å². The highest BCUT2D eigenvalue weighted by molar-refractivity contribution is 4.73. The summed E-state index contributed by atoms with van der Waals surface area (Å²) in [7, 11) is 0. The van der Waals surface area contributed by atoms with Crippen LogP contribution in [0.1, 0.15) is 32.6 Å². The molecule has 0 aromatic rings. The maximum Gasteiger partial charge on any atom is -0.00463 e. The summed E-state index contributed by atoms with van der Waals surface area (Å²) < 4.78 is 0. The minimum Gasteiger partial charge on any atom is -0.317 e. The van der Waals surface area contributed by atoms with Gasteiger partial charge >= 0.3 is 0 Å². The molecule has 0 aromatic heterocycles. The number of rotatable bonds is 5. The van der Waals surface area contributed by atoms with Gasteiger partial charge in [0, 0.05) is 0 Å². The lowest BCUT2D eigenvalue weighted by Gasteiger charge is -1.99. The molecule has 0 aliphatic heterocycles. The molecule has 1 nitrogen and oxygen atoms in total. The van der Waals surface area contributed by atoms with Gasteiger partial charge in [-0.15, -0.1) is 0 Å². The Balaban J connectivity index is 1.71. The molecule has 1 aliphatic rings. The molecule has 0 amide bonds. The fourth-order valence-corrected chi connectivity index (χ4v) is 1.01. The van der Waals surface area contributed by atoms with Gasteiger partial charge in [0.2, 0.25) is 0 Å². The molecule has 1 heteroatoms. The number of nitrogens with one attached hydrogen (secondary N) is 1. The van der Waals surface area contributed by atoms with E-state index in [0.717, 1.165) is 5.92 Å². The van der Waals surface area contributed by atoms with Crippen molar-refractivity contribution in [1.29, 1.82) is 0 Å². The highest BCUT2D eigenvalue weighted by atomic mass is 14.8. The van der Waals surface area contributed by atoms with Crippen LogP contribution in [0.15, 0.2) is 0 Å². The second-order valence-corrected chi connectivity index (χ2v) is 2.98. The van der Waals surface area contributed by atoms with Crippen molar-refractivity contribution in [3.05, 3.63) is 0 Å².